The van der Waals surface area contributed by atoms with Crippen LogP contribution in [-0.2, 0) is 23.3 Å². The molecule has 180 valence electrons. The molecular weight excluding hydrogens is 575 g/mol. The van der Waals surface area contributed by atoms with Crippen LogP contribution in [0.2, 0.25) is 13.1 Å². The molecule has 0 aliphatic heterocycles. The molecule has 0 saturated carbocycles. The zero-order chi connectivity index (χ0) is 23.8. The van der Waals surface area contributed by atoms with E-state index in [2.05, 4.69) is 134 Å². The second-order valence-electron chi connectivity index (χ2n) is 8.48. The molecule has 0 aliphatic rings. The van der Waals surface area contributed by atoms with Crippen molar-refractivity contribution in [1.82, 2.24) is 0 Å². The van der Waals surface area contributed by atoms with E-state index in [-0.39, 0.29) is 30.2 Å². The van der Waals surface area contributed by atoms with Crippen molar-refractivity contribution in [3.63, 3.8) is 0 Å². The molecule has 6 rings (SSSR count). The topological polar surface area (TPSA) is 0 Å². The van der Waals surface area contributed by atoms with Crippen molar-refractivity contribution < 1.29 is 48.1 Å². The van der Waals surface area contributed by atoms with E-state index in [4.69, 9.17) is 0 Å². The van der Waals surface area contributed by atoms with Gasteiger partial charge in [-0.15, -0.1) is 69.1 Å². The van der Waals surface area contributed by atoms with Crippen molar-refractivity contribution in [2.75, 3.05) is 0 Å². The average molecular weight is 603 g/mol. The van der Waals surface area contributed by atoms with E-state index in [0.717, 1.165) is 0 Å². The molecule has 0 heterocycles. The Balaban J connectivity index is 0.000000211. The fourth-order valence-electron chi connectivity index (χ4n) is 3.90. The molecule has 0 aliphatic carbocycles. The van der Waals surface area contributed by atoms with Gasteiger partial charge in [-0.2, -0.15) is 0 Å². The third-order valence-corrected chi connectivity index (χ3v) is 5.45. The largest absolute Gasteiger partial charge is 1.00 e. The van der Waals surface area contributed by atoms with E-state index in [1.165, 1.54) is 43.8 Å². The van der Waals surface area contributed by atoms with Gasteiger partial charge in [0, 0.05) is 0 Å². The second kappa shape index (κ2) is 15.1. The molecule has 0 fully saturated rings. The maximum absolute atomic E-state index is 2.31. The van der Waals surface area contributed by atoms with Gasteiger partial charge in [-0.05, 0) is 0 Å². The number of hydrogen-bond donors (Lipinski definition) is 0. The Morgan fingerprint density at radius 2 is 0.806 bits per heavy atom. The summed E-state index contributed by atoms with van der Waals surface area (Å²) in [5.74, 6) is 0. The first kappa shape index (κ1) is 30.0. The van der Waals surface area contributed by atoms with Gasteiger partial charge >= 0.3 is 41.9 Å². The second-order valence-corrected chi connectivity index (χ2v) is 17.9. The maximum Gasteiger partial charge on any atom is -0.0635 e. The third-order valence-electron chi connectivity index (χ3n) is 5.45. The number of fused-ring (bicyclic) bond motifs is 2. The summed E-state index contributed by atoms with van der Waals surface area (Å²) >= 11 is 1.74. The number of halogens is 2. The summed E-state index contributed by atoms with van der Waals surface area (Å²) in [4.78, 5) is 0. The Bertz CT molecular complexity index is 1300. The Labute approximate surface area is 242 Å². The van der Waals surface area contributed by atoms with Crippen molar-refractivity contribution in [2.45, 2.75) is 13.1 Å². The van der Waals surface area contributed by atoms with Crippen molar-refractivity contribution in [2.24, 2.45) is 0 Å². The molecular formula is C32H28Cl2SiZr-2. The molecule has 6 aromatic rings. The Hall–Kier alpha value is -2.22. The van der Waals surface area contributed by atoms with E-state index in [9.17, 15) is 0 Å². The molecule has 0 amide bonds. The standard InChI is InChI=1S/2C15H11.C2H6Si.2ClH.Zr/c2*1-2-6-12(7-3-1)15-10-13-8-4-5-9-14(13)11-15;1-3-2;;;/h2*1-11H;1-2H3;2*1H;/q2*-1;;;;+2/p-2. The van der Waals surface area contributed by atoms with Crippen LogP contribution in [-0.4, -0.2) is 5.43 Å². The SMILES string of the molecule is C[Si](C)=[Zr+2].[Cl-].[Cl-].c1ccc(-c2cc3ccccc3[cH-]2)cc1.c1ccc(-c2cc3ccccc3[cH-]2)cc1. The molecule has 0 aromatic heterocycles. The average Bonchev–Trinajstić information content (AvgIpc) is 3.50. The number of benzene rings is 4. The minimum atomic E-state index is 0. The summed E-state index contributed by atoms with van der Waals surface area (Å²) in [6, 6.07) is 46.9. The normalized spacial score (nSPS) is 9.67. The molecule has 0 spiro atoms. The van der Waals surface area contributed by atoms with Crippen LogP contribution >= 0.6 is 0 Å². The fourth-order valence-corrected chi connectivity index (χ4v) is 3.90. The van der Waals surface area contributed by atoms with Crippen LogP contribution in [0, 0.1) is 0 Å². The predicted molar refractivity (Wildman–Crippen MR) is 147 cm³/mol. The zero-order valence-corrected chi connectivity index (χ0v) is 25.4. The Kier molecular flexibility index (Phi) is 12.6. The van der Waals surface area contributed by atoms with Gasteiger partial charge in [-0.1, -0.05) is 108 Å². The molecule has 0 atom stereocenters. The van der Waals surface area contributed by atoms with Gasteiger partial charge < -0.3 is 24.8 Å². The van der Waals surface area contributed by atoms with E-state index >= 15 is 0 Å². The van der Waals surface area contributed by atoms with Crippen molar-refractivity contribution in [3.8, 4) is 22.3 Å². The van der Waals surface area contributed by atoms with Gasteiger partial charge in [-0.25, -0.2) is 0 Å². The van der Waals surface area contributed by atoms with Crippen LogP contribution in [0.15, 0.2) is 133 Å². The predicted octanol–water partition coefficient (Wildman–Crippen LogP) is 3.24. The van der Waals surface area contributed by atoms with Crippen LogP contribution in [0.1, 0.15) is 0 Å². The first-order chi connectivity index (χ1) is 16.6. The molecule has 0 bridgehead atoms. The van der Waals surface area contributed by atoms with Crippen molar-refractivity contribution >= 4 is 27.0 Å². The zero-order valence-electron chi connectivity index (χ0n) is 20.5. The van der Waals surface area contributed by atoms with Crippen LogP contribution in [0.4, 0.5) is 0 Å². The van der Waals surface area contributed by atoms with Crippen LogP contribution in [0.3, 0.4) is 0 Å². The maximum atomic E-state index is 2.31. The van der Waals surface area contributed by atoms with Gasteiger partial charge in [0.05, 0.1) is 0 Å². The summed E-state index contributed by atoms with van der Waals surface area (Å²) in [6.07, 6.45) is 0. The molecule has 0 nitrogen and oxygen atoms in total. The Morgan fingerprint density at radius 1 is 0.500 bits per heavy atom. The van der Waals surface area contributed by atoms with E-state index in [0.29, 0.717) is 0 Å². The molecule has 0 unspecified atom stereocenters. The fraction of sp³-hybridized carbons (Fsp3) is 0.0625. The van der Waals surface area contributed by atoms with Gasteiger partial charge in [0.1, 0.15) is 0 Å². The van der Waals surface area contributed by atoms with Crippen LogP contribution in [0.5, 0.6) is 0 Å². The van der Waals surface area contributed by atoms with Crippen LogP contribution < -0.4 is 24.8 Å². The van der Waals surface area contributed by atoms with E-state index < -0.39 is 0 Å². The molecule has 6 aromatic carbocycles. The molecule has 36 heavy (non-hydrogen) atoms. The summed E-state index contributed by atoms with van der Waals surface area (Å²) in [5, 5.41) is 5.26. The van der Waals surface area contributed by atoms with E-state index in [1.54, 1.807) is 23.3 Å². The van der Waals surface area contributed by atoms with Gasteiger partial charge in [0.15, 0.2) is 0 Å². The smallest absolute Gasteiger partial charge is 0.0635 e. The quantitative estimate of drug-likeness (QED) is 0.211. The van der Waals surface area contributed by atoms with Crippen molar-refractivity contribution in [3.05, 3.63) is 133 Å². The van der Waals surface area contributed by atoms with Gasteiger partial charge in [0.2, 0.25) is 0 Å². The summed E-state index contributed by atoms with van der Waals surface area (Å²) in [6.45, 7) is 4.62. The monoisotopic (exact) mass is 600 g/mol. The number of hydrogen-bond acceptors (Lipinski definition) is 0. The van der Waals surface area contributed by atoms with Crippen LogP contribution in [0.25, 0.3) is 43.8 Å². The summed E-state index contributed by atoms with van der Waals surface area (Å²) in [5.41, 5.74) is 5.39. The molecule has 0 saturated heterocycles. The first-order valence-corrected chi connectivity index (χ1v) is 17.7. The minimum Gasteiger partial charge on any atom is -1.00 e. The van der Waals surface area contributed by atoms with Gasteiger partial charge in [-0.3, -0.25) is 0 Å². The van der Waals surface area contributed by atoms with Gasteiger partial charge in [0.25, 0.3) is 0 Å². The molecule has 4 heteroatoms. The summed E-state index contributed by atoms with van der Waals surface area (Å²) in [7, 11) is 0. The molecule has 0 N–H and O–H groups in total. The molecule has 0 radical (unpaired) electrons. The third kappa shape index (κ3) is 8.43. The Morgan fingerprint density at radius 3 is 1.14 bits per heavy atom. The first-order valence-electron chi connectivity index (χ1n) is 11.5. The summed E-state index contributed by atoms with van der Waals surface area (Å²) < 4.78 is 0. The minimum absolute atomic E-state index is 0. The number of rotatable bonds is 2. The van der Waals surface area contributed by atoms with E-state index in [1.807, 2.05) is 12.1 Å². The van der Waals surface area contributed by atoms with Crippen molar-refractivity contribution in [1.29, 1.82) is 0 Å².